The fourth-order valence-corrected chi connectivity index (χ4v) is 4.05. The van der Waals surface area contributed by atoms with Crippen LogP contribution in [0.25, 0.3) is 0 Å². The molecule has 0 saturated carbocycles. The molecule has 3 aromatic rings. The highest BCUT2D eigenvalue weighted by Gasteiger charge is 2.28. The number of halogens is 1. The number of amides is 1. The van der Waals surface area contributed by atoms with Crippen molar-refractivity contribution >= 4 is 45.0 Å². The van der Waals surface area contributed by atoms with Crippen LogP contribution in [0, 0.1) is 0 Å². The Balaban J connectivity index is 2.00. The SMILES string of the molecule is O=C1c2ccccc2Sc2ccc(Br)cc2N1c1ccccc1. The average Bonchev–Trinajstić information content (AvgIpc) is 2.70. The molecule has 2 nitrogen and oxygen atoms in total. The third-order valence-corrected chi connectivity index (χ3v) is 5.35. The Hall–Kier alpha value is -2.04. The molecule has 0 bridgehead atoms. The number of rotatable bonds is 1. The summed E-state index contributed by atoms with van der Waals surface area (Å²) in [6, 6.07) is 23.6. The van der Waals surface area contributed by atoms with E-state index in [0.717, 1.165) is 31.2 Å². The molecule has 0 spiro atoms. The van der Waals surface area contributed by atoms with E-state index in [1.54, 1.807) is 16.7 Å². The minimum atomic E-state index is -0.00356. The summed E-state index contributed by atoms with van der Waals surface area (Å²) in [7, 11) is 0. The molecular formula is C19H12BrNOS. The second-order valence-corrected chi connectivity index (χ2v) is 7.19. The van der Waals surface area contributed by atoms with Gasteiger partial charge in [-0.1, -0.05) is 58.0 Å². The van der Waals surface area contributed by atoms with E-state index in [4.69, 9.17) is 0 Å². The lowest BCUT2D eigenvalue weighted by Crippen LogP contribution is -2.25. The third-order valence-electron chi connectivity index (χ3n) is 3.72. The summed E-state index contributed by atoms with van der Waals surface area (Å²) in [5.41, 5.74) is 2.50. The molecule has 112 valence electrons. The number of para-hydroxylation sites is 1. The number of carbonyl (C=O) groups is 1. The largest absolute Gasteiger partial charge is 0.276 e. The van der Waals surface area contributed by atoms with Crippen LogP contribution in [0.3, 0.4) is 0 Å². The lowest BCUT2D eigenvalue weighted by molar-refractivity contribution is 0.0996. The highest BCUT2D eigenvalue weighted by Crippen LogP contribution is 2.44. The van der Waals surface area contributed by atoms with E-state index in [-0.39, 0.29) is 5.91 Å². The number of fused-ring (bicyclic) bond motifs is 2. The van der Waals surface area contributed by atoms with Crippen molar-refractivity contribution in [2.45, 2.75) is 9.79 Å². The molecule has 0 fully saturated rings. The third kappa shape index (κ3) is 2.58. The van der Waals surface area contributed by atoms with E-state index in [9.17, 15) is 4.79 Å². The maximum absolute atomic E-state index is 13.2. The van der Waals surface area contributed by atoms with Gasteiger partial charge in [-0.15, -0.1) is 0 Å². The van der Waals surface area contributed by atoms with Crippen LogP contribution in [0.1, 0.15) is 10.4 Å². The van der Waals surface area contributed by atoms with Gasteiger partial charge in [0.05, 0.1) is 11.3 Å². The molecule has 0 atom stereocenters. The summed E-state index contributed by atoms with van der Waals surface area (Å²) in [5.74, 6) is -0.00356. The van der Waals surface area contributed by atoms with Gasteiger partial charge in [-0.3, -0.25) is 9.69 Å². The fourth-order valence-electron chi connectivity index (χ4n) is 2.67. The topological polar surface area (TPSA) is 20.3 Å². The molecule has 23 heavy (non-hydrogen) atoms. The summed E-state index contributed by atoms with van der Waals surface area (Å²) >= 11 is 5.15. The molecule has 0 aliphatic carbocycles. The first kappa shape index (κ1) is 14.5. The lowest BCUT2D eigenvalue weighted by atomic mass is 10.1. The minimum Gasteiger partial charge on any atom is -0.276 e. The maximum atomic E-state index is 13.2. The molecule has 4 rings (SSSR count). The monoisotopic (exact) mass is 381 g/mol. The molecule has 1 aliphatic heterocycles. The summed E-state index contributed by atoms with van der Waals surface area (Å²) in [4.78, 5) is 17.0. The van der Waals surface area contributed by atoms with Gasteiger partial charge < -0.3 is 0 Å². The maximum Gasteiger partial charge on any atom is 0.264 e. The van der Waals surface area contributed by atoms with Crippen LogP contribution in [0.15, 0.2) is 87.1 Å². The van der Waals surface area contributed by atoms with E-state index >= 15 is 0 Å². The van der Waals surface area contributed by atoms with Gasteiger partial charge in [0.15, 0.2) is 0 Å². The van der Waals surface area contributed by atoms with Gasteiger partial charge >= 0.3 is 0 Å². The Morgan fingerprint density at radius 3 is 2.39 bits per heavy atom. The van der Waals surface area contributed by atoms with E-state index in [2.05, 4.69) is 22.0 Å². The van der Waals surface area contributed by atoms with Crippen LogP contribution >= 0.6 is 27.7 Å². The van der Waals surface area contributed by atoms with Gasteiger partial charge in [0, 0.05) is 20.0 Å². The summed E-state index contributed by atoms with van der Waals surface area (Å²) in [6.07, 6.45) is 0. The molecular weight excluding hydrogens is 370 g/mol. The molecule has 0 saturated heterocycles. The first-order chi connectivity index (χ1) is 11.2. The standard InChI is InChI=1S/C19H12BrNOS/c20-13-10-11-18-16(12-13)21(14-6-2-1-3-7-14)19(22)15-8-4-5-9-17(15)23-18/h1-12H. The highest BCUT2D eigenvalue weighted by molar-refractivity contribution is 9.10. The zero-order valence-corrected chi connectivity index (χ0v) is 14.5. The average molecular weight is 382 g/mol. The summed E-state index contributed by atoms with van der Waals surface area (Å²) in [5, 5.41) is 0. The number of anilines is 2. The number of carbonyl (C=O) groups excluding carboxylic acids is 1. The molecule has 0 aromatic heterocycles. The van der Waals surface area contributed by atoms with Crippen molar-refractivity contribution in [3.05, 3.63) is 82.8 Å². The van der Waals surface area contributed by atoms with Crippen LogP contribution in [0.5, 0.6) is 0 Å². The first-order valence-electron chi connectivity index (χ1n) is 7.20. The quantitative estimate of drug-likeness (QED) is 0.523. The predicted octanol–water partition coefficient (Wildman–Crippen LogP) is 5.89. The Morgan fingerprint density at radius 1 is 0.826 bits per heavy atom. The van der Waals surface area contributed by atoms with Gasteiger partial charge in [-0.25, -0.2) is 0 Å². The molecule has 4 heteroatoms. The molecule has 1 heterocycles. The number of nitrogens with zero attached hydrogens (tertiary/aromatic N) is 1. The van der Waals surface area contributed by atoms with Crippen molar-refractivity contribution in [2.24, 2.45) is 0 Å². The van der Waals surface area contributed by atoms with Crippen molar-refractivity contribution < 1.29 is 4.79 Å². The number of benzene rings is 3. The molecule has 0 radical (unpaired) electrons. The van der Waals surface area contributed by atoms with E-state index in [0.29, 0.717) is 0 Å². The first-order valence-corrected chi connectivity index (χ1v) is 8.81. The zero-order chi connectivity index (χ0) is 15.8. The normalized spacial score (nSPS) is 13.3. The van der Waals surface area contributed by atoms with Crippen molar-refractivity contribution in [1.29, 1.82) is 0 Å². The van der Waals surface area contributed by atoms with Crippen LogP contribution in [-0.2, 0) is 0 Å². The van der Waals surface area contributed by atoms with Gasteiger partial charge in [0.25, 0.3) is 5.91 Å². The van der Waals surface area contributed by atoms with Gasteiger partial charge in [0.1, 0.15) is 0 Å². The molecule has 1 aliphatic rings. The Kier molecular flexibility index (Phi) is 3.71. The van der Waals surface area contributed by atoms with Gasteiger partial charge in [0.2, 0.25) is 0 Å². The van der Waals surface area contributed by atoms with Crippen LogP contribution in [-0.4, -0.2) is 5.91 Å². The Morgan fingerprint density at radius 2 is 1.57 bits per heavy atom. The lowest BCUT2D eigenvalue weighted by Gasteiger charge is -2.23. The van der Waals surface area contributed by atoms with Gasteiger partial charge in [-0.05, 0) is 42.5 Å². The summed E-state index contributed by atoms with van der Waals surface area (Å²) < 4.78 is 0.955. The second-order valence-electron chi connectivity index (χ2n) is 5.19. The van der Waals surface area contributed by atoms with Crippen molar-refractivity contribution in [3.63, 3.8) is 0 Å². The Bertz CT molecular complexity index is 895. The van der Waals surface area contributed by atoms with Crippen LogP contribution in [0.4, 0.5) is 11.4 Å². The molecule has 1 amide bonds. The van der Waals surface area contributed by atoms with E-state index < -0.39 is 0 Å². The van der Waals surface area contributed by atoms with Gasteiger partial charge in [-0.2, -0.15) is 0 Å². The molecule has 0 N–H and O–H groups in total. The second kappa shape index (κ2) is 5.87. The minimum absolute atomic E-state index is 0.00356. The van der Waals surface area contributed by atoms with E-state index in [1.165, 1.54) is 0 Å². The predicted molar refractivity (Wildman–Crippen MR) is 97.6 cm³/mol. The van der Waals surface area contributed by atoms with Crippen molar-refractivity contribution in [3.8, 4) is 0 Å². The van der Waals surface area contributed by atoms with Crippen molar-refractivity contribution in [1.82, 2.24) is 0 Å². The van der Waals surface area contributed by atoms with Crippen LogP contribution < -0.4 is 4.90 Å². The number of hydrogen-bond acceptors (Lipinski definition) is 2. The van der Waals surface area contributed by atoms with E-state index in [1.807, 2.05) is 66.7 Å². The fraction of sp³-hybridized carbons (Fsp3) is 0. The molecule has 0 unspecified atom stereocenters. The number of hydrogen-bond donors (Lipinski definition) is 0. The molecule has 3 aromatic carbocycles. The summed E-state index contributed by atoms with van der Waals surface area (Å²) in [6.45, 7) is 0. The zero-order valence-electron chi connectivity index (χ0n) is 12.1. The smallest absolute Gasteiger partial charge is 0.264 e. The highest BCUT2D eigenvalue weighted by atomic mass is 79.9. The Labute approximate surface area is 147 Å². The van der Waals surface area contributed by atoms with Crippen molar-refractivity contribution in [2.75, 3.05) is 4.90 Å². The van der Waals surface area contributed by atoms with Crippen LogP contribution in [0.2, 0.25) is 0 Å².